The van der Waals surface area contributed by atoms with Gasteiger partial charge in [-0.3, -0.25) is 0 Å². The van der Waals surface area contributed by atoms with E-state index < -0.39 is 0 Å². The Morgan fingerprint density at radius 2 is 2.23 bits per heavy atom. The lowest BCUT2D eigenvalue weighted by Gasteiger charge is -2.10. The van der Waals surface area contributed by atoms with E-state index in [1.54, 1.807) is 7.11 Å². The smallest absolute Gasteiger partial charge is 0.0721 e. The van der Waals surface area contributed by atoms with Crippen LogP contribution in [0.5, 0.6) is 0 Å². The Hall–Kier alpha value is -0.800. The highest BCUT2D eigenvalue weighted by molar-refractivity contribution is 5.13. The van der Waals surface area contributed by atoms with Gasteiger partial charge in [0.25, 0.3) is 0 Å². The molecule has 2 N–H and O–H groups in total. The van der Waals surface area contributed by atoms with Gasteiger partial charge in [-0.1, -0.05) is 0 Å². The van der Waals surface area contributed by atoms with Crippen LogP contribution in [0.2, 0.25) is 0 Å². The fourth-order valence-electron chi connectivity index (χ4n) is 1.21. The zero-order valence-electron chi connectivity index (χ0n) is 8.53. The van der Waals surface area contributed by atoms with Gasteiger partial charge in [-0.05, 0) is 25.5 Å². The molecule has 3 heteroatoms. The Morgan fingerprint density at radius 1 is 1.54 bits per heavy atom. The number of aromatic nitrogens is 1. The SMILES string of the molecule is COC(C)Cn1ccc(C(C)N)c1. The van der Waals surface area contributed by atoms with E-state index in [0.29, 0.717) is 0 Å². The van der Waals surface area contributed by atoms with E-state index in [4.69, 9.17) is 10.5 Å². The fourth-order valence-corrected chi connectivity index (χ4v) is 1.21. The van der Waals surface area contributed by atoms with Crippen LogP contribution in [0.15, 0.2) is 18.5 Å². The van der Waals surface area contributed by atoms with Crippen molar-refractivity contribution in [3.05, 3.63) is 24.0 Å². The van der Waals surface area contributed by atoms with E-state index in [9.17, 15) is 0 Å². The van der Waals surface area contributed by atoms with Gasteiger partial charge in [-0.15, -0.1) is 0 Å². The summed E-state index contributed by atoms with van der Waals surface area (Å²) < 4.78 is 7.28. The Labute approximate surface area is 79.5 Å². The highest BCUT2D eigenvalue weighted by Crippen LogP contribution is 2.10. The quantitative estimate of drug-likeness (QED) is 0.767. The van der Waals surface area contributed by atoms with Crippen LogP contribution in [0.3, 0.4) is 0 Å². The highest BCUT2D eigenvalue weighted by Gasteiger charge is 2.04. The molecule has 0 saturated heterocycles. The molecule has 1 heterocycles. The molecule has 0 saturated carbocycles. The number of hydrogen-bond donors (Lipinski definition) is 1. The summed E-state index contributed by atoms with van der Waals surface area (Å²) in [4.78, 5) is 0. The number of ether oxygens (including phenoxy) is 1. The van der Waals surface area contributed by atoms with Crippen molar-refractivity contribution in [2.24, 2.45) is 5.73 Å². The molecular formula is C10H18N2O. The first-order valence-corrected chi connectivity index (χ1v) is 4.57. The molecule has 13 heavy (non-hydrogen) atoms. The van der Waals surface area contributed by atoms with Crippen molar-refractivity contribution in [2.75, 3.05) is 7.11 Å². The molecule has 0 aliphatic heterocycles. The molecule has 0 fully saturated rings. The minimum atomic E-state index is 0.110. The molecule has 0 radical (unpaired) electrons. The summed E-state index contributed by atoms with van der Waals surface area (Å²) in [5.74, 6) is 0. The van der Waals surface area contributed by atoms with E-state index in [2.05, 4.69) is 10.8 Å². The van der Waals surface area contributed by atoms with Crippen molar-refractivity contribution in [3.8, 4) is 0 Å². The number of hydrogen-bond acceptors (Lipinski definition) is 2. The Kier molecular flexibility index (Phi) is 3.51. The molecular weight excluding hydrogens is 164 g/mol. The third-order valence-electron chi connectivity index (χ3n) is 2.17. The third-order valence-corrected chi connectivity index (χ3v) is 2.17. The number of nitrogens with two attached hydrogens (primary N) is 1. The molecule has 0 aliphatic rings. The van der Waals surface area contributed by atoms with Crippen LogP contribution >= 0.6 is 0 Å². The second kappa shape index (κ2) is 4.44. The lowest BCUT2D eigenvalue weighted by molar-refractivity contribution is 0.103. The molecule has 1 aromatic rings. The summed E-state index contributed by atoms with van der Waals surface area (Å²) in [6.45, 7) is 4.91. The van der Waals surface area contributed by atoms with Crippen LogP contribution in [0.4, 0.5) is 0 Å². The Balaban J connectivity index is 2.58. The summed E-state index contributed by atoms with van der Waals surface area (Å²) in [5.41, 5.74) is 6.92. The normalized spacial score (nSPS) is 15.7. The van der Waals surface area contributed by atoms with Gasteiger partial charge in [-0.2, -0.15) is 0 Å². The number of methoxy groups -OCH3 is 1. The van der Waals surface area contributed by atoms with E-state index in [0.717, 1.165) is 6.54 Å². The number of rotatable bonds is 4. The lowest BCUT2D eigenvalue weighted by atomic mass is 10.2. The Bertz CT molecular complexity index is 255. The van der Waals surface area contributed by atoms with E-state index in [-0.39, 0.29) is 12.1 Å². The van der Waals surface area contributed by atoms with Gasteiger partial charge in [0.15, 0.2) is 0 Å². The van der Waals surface area contributed by atoms with Gasteiger partial charge in [-0.25, -0.2) is 0 Å². The summed E-state index contributed by atoms with van der Waals surface area (Å²) >= 11 is 0. The summed E-state index contributed by atoms with van der Waals surface area (Å²) in [6.07, 6.45) is 4.35. The van der Waals surface area contributed by atoms with Crippen LogP contribution in [0.1, 0.15) is 25.5 Å². The molecule has 1 rings (SSSR count). The molecule has 0 aliphatic carbocycles. The first-order valence-electron chi connectivity index (χ1n) is 4.57. The van der Waals surface area contributed by atoms with E-state index in [1.165, 1.54) is 5.56 Å². The van der Waals surface area contributed by atoms with Gasteiger partial charge in [0.1, 0.15) is 0 Å². The minimum absolute atomic E-state index is 0.110. The van der Waals surface area contributed by atoms with Crippen molar-refractivity contribution >= 4 is 0 Å². The molecule has 1 aromatic heterocycles. The van der Waals surface area contributed by atoms with Gasteiger partial charge < -0.3 is 15.0 Å². The van der Waals surface area contributed by atoms with E-state index >= 15 is 0 Å². The molecule has 0 amide bonds. The first-order chi connectivity index (χ1) is 6.13. The van der Waals surface area contributed by atoms with Crippen LogP contribution < -0.4 is 5.73 Å². The summed E-state index contributed by atoms with van der Waals surface area (Å²) in [6, 6.07) is 2.16. The van der Waals surface area contributed by atoms with Crippen molar-refractivity contribution < 1.29 is 4.74 Å². The van der Waals surface area contributed by atoms with Crippen LogP contribution in [0, 0.1) is 0 Å². The van der Waals surface area contributed by atoms with Crippen LogP contribution in [-0.4, -0.2) is 17.8 Å². The monoisotopic (exact) mass is 182 g/mol. The maximum Gasteiger partial charge on any atom is 0.0721 e. The first kappa shape index (κ1) is 10.3. The van der Waals surface area contributed by atoms with Crippen molar-refractivity contribution in [2.45, 2.75) is 32.5 Å². The highest BCUT2D eigenvalue weighted by atomic mass is 16.5. The predicted molar refractivity (Wildman–Crippen MR) is 53.5 cm³/mol. The summed E-state index contributed by atoms with van der Waals surface area (Å²) in [5, 5.41) is 0. The predicted octanol–water partition coefficient (Wildman–Crippen LogP) is 1.54. The average Bonchev–Trinajstić information content (AvgIpc) is 2.52. The largest absolute Gasteiger partial charge is 0.380 e. The molecule has 0 bridgehead atoms. The second-order valence-corrected chi connectivity index (χ2v) is 3.48. The van der Waals surface area contributed by atoms with Gasteiger partial charge in [0, 0.05) is 32.1 Å². The van der Waals surface area contributed by atoms with Crippen molar-refractivity contribution in [1.82, 2.24) is 4.57 Å². The topological polar surface area (TPSA) is 40.2 Å². The minimum Gasteiger partial charge on any atom is -0.380 e. The maximum absolute atomic E-state index is 5.75. The van der Waals surface area contributed by atoms with Crippen molar-refractivity contribution in [1.29, 1.82) is 0 Å². The van der Waals surface area contributed by atoms with E-state index in [1.807, 2.05) is 26.1 Å². The maximum atomic E-state index is 5.75. The van der Waals surface area contributed by atoms with Crippen molar-refractivity contribution in [3.63, 3.8) is 0 Å². The standard InChI is InChI=1S/C10H18N2O/c1-8(13-3)6-12-5-4-10(7-12)9(2)11/h4-5,7-9H,6,11H2,1-3H3. The van der Waals surface area contributed by atoms with Gasteiger partial charge >= 0.3 is 0 Å². The average molecular weight is 182 g/mol. The molecule has 0 spiro atoms. The zero-order chi connectivity index (χ0) is 9.84. The van der Waals surface area contributed by atoms with Crippen LogP contribution in [0.25, 0.3) is 0 Å². The zero-order valence-corrected chi connectivity index (χ0v) is 8.53. The Morgan fingerprint density at radius 3 is 2.69 bits per heavy atom. The van der Waals surface area contributed by atoms with Crippen LogP contribution in [-0.2, 0) is 11.3 Å². The summed E-state index contributed by atoms with van der Waals surface area (Å²) in [7, 11) is 1.72. The third kappa shape index (κ3) is 2.86. The molecule has 74 valence electrons. The molecule has 3 nitrogen and oxygen atoms in total. The van der Waals surface area contributed by atoms with Gasteiger partial charge in [0.2, 0.25) is 0 Å². The molecule has 0 aromatic carbocycles. The lowest BCUT2D eigenvalue weighted by Crippen LogP contribution is -2.13. The molecule has 2 unspecified atom stereocenters. The fraction of sp³-hybridized carbons (Fsp3) is 0.600. The molecule has 2 atom stereocenters. The number of nitrogens with zero attached hydrogens (tertiary/aromatic N) is 1. The second-order valence-electron chi connectivity index (χ2n) is 3.48. The van der Waals surface area contributed by atoms with Gasteiger partial charge in [0.05, 0.1) is 6.10 Å².